The third kappa shape index (κ3) is 5.30. The molecule has 0 aromatic carbocycles. The monoisotopic (exact) mass is 415 g/mol. The summed E-state index contributed by atoms with van der Waals surface area (Å²) in [4.78, 5) is 4.27. The van der Waals surface area contributed by atoms with E-state index in [1.54, 1.807) is 6.20 Å². The summed E-state index contributed by atoms with van der Waals surface area (Å²) in [5.41, 5.74) is 2.10. The molecule has 0 unspecified atom stereocenters. The van der Waals surface area contributed by atoms with Crippen molar-refractivity contribution in [3.05, 3.63) is 30.1 Å². The van der Waals surface area contributed by atoms with E-state index in [-0.39, 0.29) is 26.5 Å². The first-order valence-corrected chi connectivity index (χ1v) is 5.80. The summed E-state index contributed by atoms with van der Waals surface area (Å²) in [6.45, 7) is 12.6. The van der Waals surface area contributed by atoms with Gasteiger partial charge in [0.1, 0.15) is 0 Å². The predicted molar refractivity (Wildman–Crippen MR) is 71.7 cm³/mol. The minimum atomic E-state index is 0. The molecule has 3 nitrogen and oxygen atoms in total. The molecule has 0 aliphatic rings. The van der Waals surface area contributed by atoms with Crippen LogP contribution in [0.5, 0.6) is 0 Å². The van der Waals surface area contributed by atoms with Gasteiger partial charge in [0.25, 0.3) is 0 Å². The Morgan fingerprint density at radius 3 is 2.28 bits per heavy atom. The zero-order chi connectivity index (χ0) is 13.1. The maximum absolute atomic E-state index is 4.27. The quantitative estimate of drug-likeness (QED) is 0.668. The van der Waals surface area contributed by atoms with Crippen LogP contribution in [0, 0.1) is 12.1 Å². The van der Waals surface area contributed by atoms with Crippen LogP contribution in [0.2, 0.25) is 0 Å². The molecule has 98 valence electrons. The van der Waals surface area contributed by atoms with E-state index in [9.17, 15) is 0 Å². The Labute approximate surface area is 124 Å². The van der Waals surface area contributed by atoms with Crippen LogP contribution in [-0.4, -0.2) is 15.2 Å². The number of aromatic amines is 1. The molecule has 0 saturated carbocycles. The van der Waals surface area contributed by atoms with Gasteiger partial charge < -0.3 is 16.0 Å². The first-order valence-electron chi connectivity index (χ1n) is 5.80. The molecule has 4 heteroatoms. The summed E-state index contributed by atoms with van der Waals surface area (Å²) >= 11 is 0. The van der Waals surface area contributed by atoms with Crippen LogP contribution in [0.3, 0.4) is 0 Å². The zero-order valence-electron chi connectivity index (χ0n) is 12.0. The minimum Gasteiger partial charge on any atom is -0.356 e. The molecule has 1 N–H and O–H groups in total. The smallest absolute Gasteiger partial charge is 0.356 e. The first-order chi connectivity index (χ1) is 7.80. The van der Waals surface area contributed by atoms with Gasteiger partial charge in [0.2, 0.25) is 0 Å². The number of rotatable bonds is 0. The number of hydrogen-bond donors (Lipinski definition) is 1. The molecule has 0 aliphatic heterocycles. The maximum Gasteiger partial charge on any atom is 2.00 e. The van der Waals surface area contributed by atoms with E-state index in [0.29, 0.717) is 0 Å². The van der Waals surface area contributed by atoms with Crippen LogP contribution in [0.25, 0.3) is 10.9 Å². The molecule has 0 radical (unpaired) electrons. The minimum absolute atomic E-state index is 0. The molecule has 0 bridgehead atoms. The van der Waals surface area contributed by atoms with Crippen LogP contribution in [0.15, 0.2) is 12.3 Å². The Kier molecular flexibility index (Phi) is 6.76. The third-order valence-corrected chi connectivity index (χ3v) is 2.02. The normalized spacial score (nSPS) is 10.8. The van der Waals surface area contributed by atoms with Crippen LogP contribution in [-0.2, 0) is 26.5 Å². The van der Waals surface area contributed by atoms with E-state index in [4.69, 9.17) is 0 Å². The van der Waals surface area contributed by atoms with Gasteiger partial charge in [0.15, 0.2) is 0 Å². The molecule has 0 saturated heterocycles. The molecule has 0 amide bonds. The SMILES string of the molecule is CC(C)(C)c1cc2[nH]ncc2[c-]n1.C[C-](C)C.[W+2]. The van der Waals surface area contributed by atoms with E-state index >= 15 is 0 Å². The average molecular weight is 415 g/mol. The van der Waals surface area contributed by atoms with Gasteiger partial charge in [0.05, 0.1) is 0 Å². The summed E-state index contributed by atoms with van der Waals surface area (Å²) in [5.74, 6) is 1.42. The number of pyridine rings is 1. The standard InChI is InChI=1S/C10H12N3.C4H9.W/c1-10(2,3)9-4-8-7(5-11-9)6-12-13-8;1-4(2)3;/h4,6H,1-3H3,(H,12,13);1-3H3;/q2*-1;+2. The van der Waals surface area contributed by atoms with Crippen molar-refractivity contribution in [2.24, 2.45) is 0 Å². The summed E-state index contributed by atoms with van der Waals surface area (Å²) in [7, 11) is 0. The number of hydrogen-bond acceptors (Lipinski definition) is 2. The Hall–Kier alpha value is -0.692. The third-order valence-electron chi connectivity index (χ3n) is 2.02. The van der Waals surface area contributed by atoms with E-state index < -0.39 is 0 Å². The summed E-state index contributed by atoms with van der Waals surface area (Å²) in [6, 6.07) is 2.03. The van der Waals surface area contributed by atoms with Gasteiger partial charge in [-0.25, -0.2) is 5.10 Å². The van der Waals surface area contributed by atoms with Crippen molar-refractivity contribution in [1.82, 2.24) is 15.2 Å². The molecule has 2 aromatic heterocycles. The largest absolute Gasteiger partial charge is 2.00 e. The molecule has 0 spiro atoms. The Morgan fingerprint density at radius 2 is 1.78 bits per heavy atom. The summed E-state index contributed by atoms with van der Waals surface area (Å²) < 4.78 is 0. The van der Waals surface area contributed by atoms with Crippen molar-refractivity contribution in [3.63, 3.8) is 0 Å². The van der Waals surface area contributed by atoms with Gasteiger partial charge in [-0.2, -0.15) is 20.8 Å². The Bertz CT molecular complexity index is 466. The van der Waals surface area contributed by atoms with Crippen molar-refractivity contribution in [2.75, 3.05) is 0 Å². The van der Waals surface area contributed by atoms with Crippen LogP contribution in [0.4, 0.5) is 0 Å². The topological polar surface area (TPSA) is 41.6 Å². The Balaban J connectivity index is 0.000000512. The van der Waals surface area contributed by atoms with Crippen LogP contribution < -0.4 is 0 Å². The van der Waals surface area contributed by atoms with Gasteiger partial charge in [-0.15, -0.1) is 0 Å². The van der Waals surface area contributed by atoms with Gasteiger partial charge in [-0.1, -0.05) is 32.2 Å². The number of aromatic nitrogens is 3. The molecule has 2 heterocycles. The molecular weight excluding hydrogens is 394 g/mol. The summed E-state index contributed by atoms with van der Waals surface area (Å²) in [6.07, 6.45) is 4.69. The predicted octanol–water partition coefficient (Wildman–Crippen LogP) is 3.67. The molecule has 0 atom stereocenters. The fraction of sp³-hybridized carbons (Fsp3) is 0.500. The fourth-order valence-corrected chi connectivity index (χ4v) is 1.17. The molecule has 18 heavy (non-hydrogen) atoms. The number of H-pyrrole nitrogens is 1. The molecule has 0 fully saturated rings. The van der Waals surface area contributed by atoms with Gasteiger partial charge in [-0.05, 0) is 29.0 Å². The van der Waals surface area contributed by atoms with Gasteiger partial charge in [-0.3, -0.25) is 0 Å². The van der Waals surface area contributed by atoms with E-state index in [1.807, 2.05) is 6.07 Å². The van der Waals surface area contributed by atoms with E-state index in [2.05, 4.69) is 62.9 Å². The second-order valence-electron chi connectivity index (χ2n) is 5.70. The van der Waals surface area contributed by atoms with Crippen molar-refractivity contribution >= 4 is 10.9 Å². The zero-order valence-corrected chi connectivity index (χ0v) is 14.9. The number of nitrogens with one attached hydrogen (secondary N) is 1. The van der Waals surface area contributed by atoms with Crippen LogP contribution >= 0.6 is 0 Å². The van der Waals surface area contributed by atoms with Crippen molar-refractivity contribution < 1.29 is 21.1 Å². The molecular formula is C14H21N3W. The Morgan fingerprint density at radius 1 is 1.22 bits per heavy atom. The van der Waals surface area contributed by atoms with Crippen molar-refractivity contribution in [2.45, 2.75) is 47.0 Å². The number of fused-ring (bicyclic) bond motifs is 1. The van der Waals surface area contributed by atoms with Gasteiger partial charge >= 0.3 is 21.1 Å². The molecule has 2 rings (SSSR count). The first kappa shape index (κ1) is 17.3. The van der Waals surface area contributed by atoms with Crippen molar-refractivity contribution in [3.8, 4) is 0 Å². The van der Waals surface area contributed by atoms with Crippen molar-refractivity contribution in [1.29, 1.82) is 0 Å². The van der Waals surface area contributed by atoms with E-state index in [0.717, 1.165) is 16.6 Å². The molecule has 0 aliphatic carbocycles. The summed E-state index contributed by atoms with van der Waals surface area (Å²) in [5, 5.41) is 7.78. The average Bonchev–Trinajstić information content (AvgIpc) is 2.61. The number of nitrogens with zero attached hydrogens (tertiary/aromatic N) is 2. The van der Waals surface area contributed by atoms with Crippen LogP contribution in [0.1, 0.15) is 47.2 Å². The second-order valence-corrected chi connectivity index (χ2v) is 5.70. The second kappa shape index (κ2) is 7.03. The fourth-order valence-electron chi connectivity index (χ4n) is 1.17. The van der Waals surface area contributed by atoms with E-state index in [1.165, 1.54) is 5.92 Å². The molecule has 2 aromatic rings. The maximum atomic E-state index is 4.27. The van der Waals surface area contributed by atoms with Gasteiger partial charge in [0, 0.05) is 0 Å².